The van der Waals surface area contributed by atoms with E-state index in [4.69, 9.17) is 17.3 Å². The number of carbonyl (C=O) groups excluding carboxylic acids is 1. The lowest BCUT2D eigenvalue weighted by atomic mass is 10.1. The molecule has 84 valence electrons. The van der Waals surface area contributed by atoms with E-state index in [1.165, 1.54) is 0 Å². The molecule has 0 aliphatic carbocycles. The highest BCUT2D eigenvalue weighted by molar-refractivity contribution is 6.33. The van der Waals surface area contributed by atoms with E-state index in [9.17, 15) is 4.79 Å². The summed E-state index contributed by atoms with van der Waals surface area (Å²) in [6, 6.07) is 4.99. The van der Waals surface area contributed by atoms with Crippen molar-refractivity contribution in [3.8, 4) is 0 Å². The van der Waals surface area contributed by atoms with Crippen LogP contribution in [-0.2, 0) is 0 Å². The van der Waals surface area contributed by atoms with Gasteiger partial charge < -0.3 is 10.6 Å². The van der Waals surface area contributed by atoms with Crippen molar-refractivity contribution in [1.29, 1.82) is 0 Å². The first kappa shape index (κ1) is 11.0. The summed E-state index contributed by atoms with van der Waals surface area (Å²) in [6.45, 7) is 1.43. The van der Waals surface area contributed by atoms with Gasteiger partial charge in [0, 0.05) is 18.7 Å². The molecule has 1 aromatic rings. The number of nitrogen functional groups attached to an aromatic ring is 1. The van der Waals surface area contributed by atoms with Crippen LogP contribution >= 0.6 is 11.6 Å². The van der Waals surface area contributed by atoms with E-state index >= 15 is 0 Å². The van der Waals surface area contributed by atoms with Crippen molar-refractivity contribution in [2.24, 2.45) is 0 Å². The van der Waals surface area contributed by atoms with Crippen molar-refractivity contribution in [1.82, 2.24) is 4.90 Å². The fourth-order valence-electron chi connectivity index (χ4n) is 1.69. The number of carbonyl (C=O) groups is 1. The molecule has 0 unspecified atom stereocenters. The minimum Gasteiger partial charge on any atom is -0.398 e. The molecule has 0 bridgehead atoms. The van der Waals surface area contributed by atoms with Crippen LogP contribution in [-0.4, -0.2) is 23.9 Å². The Morgan fingerprint density at radius 3 is 2.81 bits per heavy atom. The lowest BCUT2D eigenvalue weighted by molar-refractivity contribution is 0.0771. The van der Waals surface area contributed by atoms with Gasteiger partial charge in [0.1, 0.15) is 0 Å². The van der Waals surface area contributed by atoms with Crippen molar-refractivity contribution >= 4 is 23.2 Å². The zero-order chi connectivity index (χ0) is 11.5. The first-order chi connectivity index (χ1) is 7.68. The Hall–Kier alpha value is -1.48. The van der Waals surface area contributed by atoms with Crippen LogP contribution in [0, 0.1) is 0 Å². The average Bonchev–Trinajstić information content (AvgIpc) is 2.33. The maximum Gasteiger partial charge on any atom is 0.254 e. The Bertz CT molecular complexity index is 443. The molecule has 1 aliphatic rings. The highest BCUT2D eigenvalue weighted by Crippen LogP contribution is 2.20. The normalized spacial score (nSPS) is 15.2. The fraction of sp³-hybridized carbons (Fsp3) is 0.250. The first-order valence-electron chi connectivity index (χ1n) is 5.18. The molecule has 1 aliphatic heterocycles. The maximum absolute atomic E-state index is 12.1. The Morgan fingerprint density at radius 1 is 1.38 bits per heavy atom. The first-order valence-corrected chi connectivity index (χ1v) is 5.55. The molecule has 0 saturated carbocycles. The van der Waals surface area contributed by atoms with Gasteiger partial charge in [-0.2, -0.15) is 0 Å². The van der Waals surface area contributed by atoms with Crippen LogP contribution in [0.15, 0.2) is 30.4 Å². The molecule has 2 N–H and O–H groups in total. The second-order valence-corrected chi connectivity index (χ2v) is 4.15. The molecule has 0 atom stereocenters. The van der Waals surface area contributed by atoms with Gasteiger partial charge in [-0.1, -0.05) is 23.8 Å². The summed E-state index contributed by atoms with van der Waals surface area (Å²) in [5.41, 5.74) is 6.71. The van der Waals surface area contributed by atoms with Crippen molar-refractivity contribution in [3.05, 3.63) is 40.9 Å². The molecule has 0 fully saturated rings. The number of halogens is 1. The molecule has 4 heteroatoms. The minimum atomic E-state index is 0.00715. The van der Waals surface area contributed by atoms with E-state index in [0.29, 0.717) is 22.8 Å². The van der Waals surface area contributed by atoms with E-state index < -0.39 is 0 Å². The van der Waals surface area contributed by atoms with Gasteiger partial charge in [0.25, 0.3) is 5.91 Å². The van der Waals surface area contributed by atoms with Crippen LogP contribution in [0.3, 0.4) is 0 Å². The zero-order valence-electron chi connectivity index (χ0n) is 8.82. The molecule has 0 aromatic heterocycles. The molecule has 2 rings (SSSR count). The Morgan fingerprint density at radius 2 is 2.19 bits per heavy atom. The van der Waals surface area contributed by atoms with Crippen molar-refractivity contribution in [2.45, 2.75) is 6.42 Å². The van der Waals surface area contributed by atoms with Gasteiger partial charge in [-0.25, -0.2) is 0 Å². The van der Waals surface area contributed by atoms with E-state index in [1.807, 2.05) is 6.08 Å². The van der Waals surface area contributed by atoms with Crippen LogP contribution < -0.4 is 5.73 Å². The summed E-state index contributed by atoms with van der Waals surface area (Å²) in [4.78, 5) is 13.9. The number of nitrogens with two attached hydrogens (primary N) is 1. The van der Waals surface area contributed by atoms with Gasteiger partial charge in [0.05, 0.1) is 10.7 Å². The summed E-state index contributed by atoms with van der Waals surface area (Å²) in [6.07, 6.45) is 5.00. The largest absolute Gasteiger partial charge is 0.398 e. The van der Waals surface area contributed by atoms with Gasteiger partial charge in [0.15, 0.2) is 0 Å². The van der Waals surface area contributed by atoms with E-state index in [-0.39, 0.29) is 5.91 Å². The van der Waals surface area contributed by atoms with Crippen LogP contribution in [0.2, 0.25) is 5.02 Å². The topological polar surface area (TPSA) is 46.3 Å². The van der Waals surface area contributed by atoms with Crippen molar-refractivity contribution in [2.75, 3.05) is 18.8 Å². The third-order valence-electron chi connectivity index (χ3n) is 2.59. The standard InChI is InChI=1S/C12H13ClN2O/c13-10-5-4-9(8-11(10)14)12(16)15-6-2-1-3-7-15/h1-2,4-5,8H,3,6-7,14H2. The quantitative estimate of drug-likeness (QED) is 0.601. The van der Waals surface area contributed by atoms with Crippen LogP contribution in [0.1, 0.15) is 16.8 Å². The number of anilines is 1. The number of hydrogen-bond donors (Lipinski definition) is 1. The predicted octanol–water partition coefficient (Wildman–Crippen LogP) is 2.32. The molecule has 0 radical (unpaired) electrons. The second-order valence-electron chi connectivity index (χ2n) is 3.75. The third-order valence-corrected chi connectivity index (χ3v) is 2.93. The number of amides is 1. The molecule has 1 amide bonds. The van der Waals surface area contributed by atoms with Gasteiger partial charge in [-0.15, -0.1) is 0 Å². The minimum absolute atomic E-state index is 0.00715. The summed E-state index contributed by atoms with van der Waals surface area (Å²) in [5, 5.41) is 0.482. The van der Waals surface area contributed by atoms with Gasteiger partial charge in [-0.3, -0.25) is 4.79 Å². The van der Waals surface area contributed by atoms with E-state index in [0.717, 1.165) is 13.0 Å². The van der Waals surface area contributed by atoms with Crippen molar-refractivity contribution in [3.63, 3.8) is 0 Å². The number of benzene rings is 1. The summed E-state index contributed by atoms with van der Waals surface area (Å²) >= 11 is 5.81. The third kappa shape index (κ3) is 2.19. The molecule has 1 heterocycles. The molecular formula is C12H13ClN2O. The molecule has 1 aromatic carbocycles. The van der Waals surface area contributed by atoms with Gasteiger partial charge >= 0.3 is 0 Å². The van der Waals surface area contributed by atoms with Gasteiger partial charge in [0.2, 0.25) is 0 Å². The van der Waals surface area contributed by atoms with Crippen LogP contribution in [0.4, 0.5) is 5.69 Å². The number of hydrogen-bond acceptors (Lipinski definition) is 2. The molecule has 0 spiro atoms. The smallest absolute Gasteiger partial charge is 0.254 e. The average molecular weight is 237 g/mol. The zero-order valence-corrected chi connectivity index (χ0v) is 9.57. The molecular weight excluding hydrogens is 224 g/mol. The monoisotopic (exact) mass is 236 g/mol. The van der Waals surface area contributed by atoms with E-state index in [1.54, 1.807) is 23.1 Å². The van der Waals surface area contributed by atoms with Crippen LogP contribution in [0.5, 0.6) is 0 Å². The fourth-order valence-corrected chi connectivity index (χ4v) is 1.80. The molecule has 0 saturated heterocycles. The van der Waals surface area contributed by atoms with E-state index in [2.05, 4.69) is 6.08 Å². The highest BCUT2D eigenvalue weighted by Gasteiger charge is 2.16. The highest BCUT2D eigenvalue weighted by atomic mass is 35.5. The Balaban J connectivity index is 2.20. The van der Waals surface area contributed by atoms with Gasteiger partial charge in [-0.05, 0) is 24.6 Å². The second kappa shape index (κ2) is 4.58. The summed E-state index contributed by atoms with van der Waals surface area (Å²) < 4.78 is 0. The summed E-state index contributed by atoms with van der Waals surface area (Å²) in [7, 11) is 0. The summed E-state index contributed by atoms with van der Waals surface area (Å²) in [5.74, 6) is 0.00715. The SMILES string of the molecule is Nc1cc(C(=O)N2CC=CCC2)ccc1Cl. The Kier molecular flexibility index (Phi) is 3.15. The molecule has 3 nitrogen and oxygen atoms in total. The number of nitrogens with zero attached hydrogens (tertiary/aromatic N) is 1. The number of rotatable bonds is 1. The lowest BCUT2D eigenvalue weighted by Gasteiger charge is -2.23. The van der Waals surface area contributed by atoms with Crippen molar-refractivity contribution < 1.29 is 4.79 Å². The predicted molar refractivity (Wildman–Crippen MR) is 65.5 cm³/mol. The Labute approximate surface area is 99.5 Å². The molecule has 16 heavy (non-hydrogen) atoms. The lowest BCUT2D eigenvalue weighted by Crippen LogP contribution is -2.33. The maximum atomic E-state index is 12.1. The van der Waals surface area contributed by atoms with Crippen LogP contribution in [0.25, 0.3) is 0 Å².